The van der Waals surface area contributed by atoms with Crippen LogP contribution in [0.5, 0.6) is 0 Å². The summed E-state index contributed by atoms with van der Waals surface area (Å²) in [4.78, 5) is 11.9. The maximum absolute atomic E-state index is 11.9. The lowest BCUT2D eigenvalue weighted by atomic mass is 9.93. The second kappa shape index (κ2) is 7.34. The molecule has 1 amide bonds. The zero-order valence-corrected chi connectivity index (χ0v) is 13.5. The predicted molar refractivity (Wildman–Crippen MR) is 83.1 cm³/mol. The molecule has 1 rings (SSSR count). The zero-order valence-electron chi connectivity index (χ0n) is 11.2. The fourth-order valence-corrected chi connectivity index (χ4v) is 1.79. The molecule has 0 heterocycles. The number of hydrogen-bond acceptors (Lipinski definition) is 2. The van der Waals surface area contributed by atoms with Crippen molar-refractivity contribution in [1.29, 1.82) is 0 Å². The van der Waals surface area contributed by atoms with Gasteiger partial charge in [0.25, 0.3) is 0 Å². The molecule has 0 spiro atoms. The number of nitrogens with two attached hydrogens (primary N) is 1. The molecule has 0 aromatic heterocycles. The quantitative estimate of drug-likeness (QED) is 0.892. The maximum Gasteiger partial charge on any atom is 0.224 e. The molecule has 0 aliphatic heterocycles. The number of benzene rings is 1. The van der Waals surface area contributed by atoms with Crippen LogP contribution in [0.3, 0.4) is 0 Å². The van der Waals surface area contributed by atoms with Crippen molar-refractivity contribution in [3.05, 3.63) is 33.8 Å². The molecule has 19 heavy (non-hydrogen) atoms. The van der Waals surface area contributed by atoms with Crippen LogP contribution in [-0.2, 0) is 10.3 Å². The van der Waals surface area contributed by atoms with Gasteiger partial charge < -0.3 is 11.1 Å². The number of rotatable bonds is 4. The smallest absolute Gasteiger partial charge is 0.224 e. The van der Waals surface area contributed by atoms with Crippen molar-refractivity contribution >= 4 is 41.5 Å². The highest BCUT2D eigenvalue weighted by Crippen LogP contribution is 2.28. The Kier molecular flexibility index (Phi) is 7.16. The minimum Gasteiger partial charge on any atom is -0.347 e. The summed E-state index contributed by atoms with van der Waals surface area (Å²) in [5.41, 5.74) is 5.85. The lowest BCUT2D eigenvalue weighted by molar-refractivity contribution is -0.125. The van der Waals surface area contributed by atoms with E-state index in [9.17, 15) is 4.79 Å². The van der Waals surface area contributed by atoms with E-state index in [1.165, 1.54) is 0 Å². The van der Waals surface area contributed by atoms with Gasteiger partial charge in [-0.05, 0) is 31.5 Å². The molecule has 0 aliphatic rings. The molecule has 0 saturated carbocycles. The first-order chi connectivity index (χ1) is 8.27. The first-order valence-corrected chi connectivity index (χ1v) is 6.51. The molecule has 0 saturated heterocycles. The van der Waals surface area contributed by atoms with Crippen molar-refractivity contribution in [3.8, 4) is 0 Å². The Balaban J connectivity index is 0.00000324. The topological polar surface area (TPSA) is 55.1 Å². The van der Waals surface area contributed by atoms with Crippen molar-refractivity contribution < 1.29 is 4.79 Å². The second-order valence-electron chi connectivity index (χ2n) is 4.88. The van der Waals surface area contributed by atoms with Crippen molar-refractivity contribution in [2.45, 2.75) is 26.3 Å². The van der Waals surface area contributed by atoms with Crippen LogP contribution in [0.15, 0.2) is 18.2 Å². The molecule has 3 N–H and O–H groups in total. The van der Waals surface area contributed by atoms with E-state index in [0.29, 0.717) is 16.6 Å². The van der Waals surface area contributed by atoms with Crippen molar-refractivity contribution in [1.82, 2.24) is 5.32 Å². The van der Waals surface area contributed by atoms with Crippen LogP contribution in [0, 0.1) is 5.92 Å². The summed E-state index contributed by atoms with van der Waals surface area (Å²) in [7, 11) is 0. The second-order valence-corrected chi connectivity index (χ2v) is 5.69. The van der Waals surface area contributed by atoms with Gasteiger partial charge in [-0.15, -0.1) is 12.4 Å². The molecular formula is C13H19Cl3N2O. The minimum absolute atomic E-state index is 0. The van der Waals surface area contributed by atoms with Gasteiger partial charge in [0.1, 0.15) is 0 Å². The van der Waals surface area contributed by atoms with E-state index in [1.54, 1.807) is 19.1 Å². The van der Waals surface area contributed by atoms with Gasteiger partial charge >= 0.3 is 0 Å². The van der Waals surface area contributed by atoms with Crippen LogP contribution in [0.25, 0.3) is 0 Å². The molecule has 6 heteroatoms. The Labute approximate surface area is 130 Å². The third-order valence-corrected chi connectivity index (χ3v) is 3.62. The van der Waals surface area contributed by atoms with Crippen molar-refractivity contribution in [3.63, 3.8) is 0 Å². The Bertz CT molecular complexity index is 450. The van der Waals surface area contributed by atoms with Crippen LogP contribution in [-0.4, -0.2) is 12.5 Å². The summed E-state index contributed by atoms with van der Waals surface area (Å²) in [5.74, 6) is -0.291. The fraction of sp³-hybridized carbons (Fsp3) is 0.462. The molecule has 1 aromatic rings. The number of amides is 1. The van der Waals surface area contributed by atoms with Crippen LogP contribution >= 0.6 is 35.6 Å². The van der Waals surface area contributed by atoms with Gasteiger partial charge in [0, 0.05) is 12.5 Å². The lowest BCUT2D eigenvalue weighted by Gasteiger charge is -2.28. The first-order valence-electron chi connectivity index (χ1n) is 5.75. The van der Waals surface area contributed by atoms with Crippen LogP contribution < -0.4 is 11.1 Å². The van der Waals surface area contributed by atoms with Crippen molar-refractivity contribution in [2.24, 2.45) is 11.7 Å². The van der Waals surface area contributed by atoms with Gasteiger partial charge in [0.15, 0.2) is 0 Å². The number of nitrogens with one attached hydrogen (secondary N) is 1. The highest BCUT2D eigenvalue weighted by Gasteiger charge is 2.25. The zero-order chi connectivity index (χ0) is 13.9. The van der Waals surface area contributed by atoms with E-state index < -0.39 is 5.54 Å². The Morgan fingerprint density at radius 2 is 1.95 bits per heavy atom. The van der Waals surface area contributed by atoms with Crippen LogP contribution in [0.1, 0.15) is 26.3 Å². The largest absolute Gasteiger partial charge is 0.347 e. The summed E-state index contributed by atoms with van der Waals surface area (Å²) in [6.45, 7) is 5.94. The van der Waals surface area contributed by atoms with E-state index in [-0.39, 0.29) is 24.2 Å². The van der Waals surface area contributed by atoms with Gasteiger partial charge in [-0.1, -0.05) is 36.2 Å². The maximum atomic E-state index is 11.9. The standard InChI is InChI=1S/C13H18Cl2N2O.ClH/c1-8(7-16)12(18)17-13(2,3)9-4-5-10(14)11(15)6-9;/h4-6,8H,7,16H2,1-3H3,(H,17,18);1H. The normalized spacial score (nSPS) is 12.5. The highest BCUT2D eigenvalue weighted by molar-refractivity contribution is 6.42. The van der Waals surface area contributed by atoms with Gasteiger partial charge in [-0.25, -0.2) is 0 Å². The van der Waals surface area contributed by atoms with E-state index >= 15 is 0 Å². The molecule has 0 radical (unpaired) electrons. The molecular weight excluding hydrogens is 307 g/mol. The van der Waals surface area contributed by atoms with Gasteiger partial charge in [-0.2, -0.15) is 0 Å². The van der Waals surface area contributed by atoms with E-state index in [0.717, 1.165) is 5.56 Å². The summed E-state index contributed by atoms with van der Waals surface area (Å²) in [6, 6.07) is 5.33. The number of halogens is 3. The Hall–Kier alpha value is -0.480. The monoisotopic (exact) mass is 324 g/mol. The molecule has 0 aliphatic carbocycles. The third-order valence-electron chi connectivity index (χ3n) is 2.88. The molecule has 1 atom stereocenters. The molecule has 1 unspecified atom stereocenters. The summed E-state index contributed by atoms with van der Waals surface area (Å²) in [5, 5.41) is 3.92. The average molecular weight is 326 g/mol. The minimum atomic E-state index is -0.519. The highest BCUT2D eigenvalue weighted by atomic mass is 35.5. The SMILES string of the molecule is CC(CN)C(=O)NC(C)(C)c1ccc(Cl)c(Cl)c1.Cl. The molecule has 0 bridgehead atoms. The van der Waals surface area contributed by atoms with Crippen LogP contribution in [0.2, 0.25) is 10.0 Å². The number of hydrogen-bond donors (Lipinski definition) is 2. The molecule has 3 nitrogen and oxygen atoms in total. The lowest BCUT2D eigenvalue weighted by Crippen LogP contribution is -2.44. The summed E-state index contributed by atoms with van der Waals surface area (Å²) in [6.07, 6.45) is 0. The fourth-order valence-electron chi connectivity index (χ4n) is 1.50. The molecule has 108 valence electrons. The van der Waals surface area contributed by atoms with Gasteiger partial charge in [0.2, 0.25) is 5.91 Å². The van der Waals surface area contributed by atoms with Crippen LogP contribution in [0.4, 0.5) is 0 Å². The average Bonchev–Trinajstić information content (AvgIpc) is 2.30. The van der Waals surface area contributed by atoms with E-state index in [4.69, 9.17) is 28.9 Å². The summed E-state index contributed by atoms with van der Waals surface area (Å²) < 4.78 is 0. The van der Waals surface area contributed by atoms with Gasteiger partial charge in [-0.3, -0.25) is 4.79 Å². The molecule has 1 aromatic carbocycles. The van der Waals surface area contributed by atoms with E-state index in [2.05, 4.69) is 5.32 Å². The Morgan fingerprint density at radius 3 is 2.42 bits per heavy atom. The van der Waals surface area contributed by atoms with E-state index in [1.807, 2.05) is 19.9 Å². The first kappa shape index (κ1) is 18.5. The van der Waals surface area contributed by atoms with Crippen molar-refractivity contribution in [2.75, 3.05) is 6.54 Å². The third kappa shape index (κ3) is 4.84. The number of carbonyl (C=O) groups is 1. The predicted octanol–water partition coefficient (Wildman–Crippen LogP) is 3.36. The van der Waals surface area contributed by atoms with Gasteiger partial charge in [0.05, 0.1) is 15.6 Å². The molecule has 0 fully saturated rings. The summed E-state index contributed by atoms with van der Waals surface area (Å²) >= 11 is 11.9. The Morgan fingerprint density at radius 1 is 1.37 bits per heavy atom. The number of carbonyl (C=O) groups excluding carboxylic acids is 1.